The van der Waals surface area contributed by atoms with E-state index in [-0.39, 0.29) is 12.1 Å². The number of carbonyl (C=O) groups is 2. The number of Topliss-reactive ketones (excluding diaryl/α,β-unsaturated/α-hetero) is 1. The minimum atomic E-state index is -0.716. The number of aryl methyl sites for hydroxylation is 2. The molecule has 1 aliphatic rings. The van der Waals surface area contributed by atoms with Gasteiger partial charge in [-0.3, -0.25) is 14.5 Å². The Balaban J connectivity index is 2.01. The van der Waals surface area contributed by atoms with Crippen LogP contribution in [0.3, 0.4) is 0 Å². The Morgan fingerprint density at radius 2 is 2.10 bits per heavy atom. The first kappa shape index (κ1) is 13.4. The zero-order valence-corrected chi connectivity index (χ0v) is 11.5. The van der Waals surface area contributed by atoms with Gasteiger partial charge >= 0.3 is 0 Å². The first-order valence-electron chi connectivity index (χ1n) is 6.49. The third-order valence-corrected chi connectivity index (χ3v) is 3.33. The lowest BCUT2D eigenvalue weighted by atomic mass is 10.1. The van der Waals surface area contributed by atoms with Crippen LogP contribution in [0.15, 0.2) is 16.7 Å². The first-order chi connectivity index (χ1) is 10.0. The second kappa shape index (κ2) is 4.76. The number of fused-ring (bicyclic) bond motifs is 1. The van der Waals surface area contributed by atoms with Crippen molar-refractivity contribution in [2.45, 2.75) is 26.8 Å². The van der Waals surface area contributed by atoms with Crippen molar-refractivity contribution in [3.63, 3.8) is 0 Å². The molecule has 7 heteroatoms. The molecule has 0 spiro atoms. The van der Waals surface area contributed by atoms with Crippen molar-refractivity contribution < 1.29 is 18.5 Å². The van der Waals surface area contributed by atoms with E-state index in [2.05, 4.69) is 10.1 Å². The van der Waals surface area contributed by atoms with Gasteiger partial charge in [-0.05, 0) is 24.6 Å². The van der Waals surface area contributed by atoms with Crippen molar-refractivity contribution in [1.82, 2.24) is 10.1 Å². The summed E-state index contributed by atoms with van der Waals surface area (Å²) in [4.78, 5) is 29.4. The summed E-state index contributed by atoms with van der Waals surface area (Å²) in [5, 5.41) is 3.76. The van der Waals surface area contributed by atoms with Crippen molar-refractivity contribution >= 4 is 17.4 Å². The normalized spacial score (nSPS) is 14.0. The van der Waals surface area contributed by atoms with Crippen LogP contribution in [0.1, 0.15) is 34.6 Å². The molecule has 1 aromatic carbocycles. The van der Waals surface area contributed by atoms with E-state index in [0.717, 1.165) is 6.07 Å². The number of amides is 1. The molecule has 21 heavy (non-hydrogen) atoms. The van der Waals surface area contributed by atoms with Crippen LogP contribution in [0.4, 0.5) is 10.1 Å². The number of nitrogens with zero attached hydrogens (tertiary/aromatic N) is 3. The minimum Gasteiger partial charge on any atom is -0.339 e. The van der Waals surface area contributed by atoms with Crippen LogP contribution in [-0.4, -0.2) is 21.8 Å². The van der Waals surface area contributed by atoms with Crippen LogP contribution >= 0.6 is 0 Å². The quantitative estimate of drug-likeness (QED) is 0.805. The van der Waals surface area contributed by atoms with Gasteiger partial charge in [-0.2, -0.15) is 4.98 Å². The molecule has 0 saturated carbocycles. The highest BCUT2D eigenvalue weighted by atomic mass is 19.1. The fourth-order valence-electron chi connectivity index (χ4n) is 2.40. The Bertz CT molecular complexity index is 754. The van der Waals surface area contributed by atoms with E-state index in [0.29, 0.717) is 29.4 Å². The average molecular weight is 289 g/mol. The molecular formula is C14H12FN3O3. The summed E-state index contributed by atoms with van der Waals surface area (Å²) in [6.45, 7) is 3.53. The maximum Gasteiger partial charge on any atom is 0.299 e. The van der Waals surface area contributed by atoms with Crippen LogP contribution in [0.5, 0.6) is 0 Å². The summed E-state index contributed by atoms with van der Waals surface area (Å²) in [7, 11) is 0. The molecule has 0 bridgehead atoms. The third-order valence-electron chi connectivity index (χ3n) is 3.33. The number of halogens is 1. The maximum absolute atomic E-state index is 13.4. The molecular weight excluding hydrogens is 277 g/mol. The second-order valence-corrected chi connectivity index (χ2v) is 4.80. The van der Waals surface area contributed by atoms with Gasteiger partial charge in [0.05, 0.1) is 17.8 Å². The highest BCUT2D eigenvalue weighted by Crippen LogP contribution is 2.34. The Kier molecular flexibility index (Phi) is 3.04. The Hall–Kier alpha value is -2.57. The monoisotopic (exact) mass is 289 g/mol. The fraction of sp³-hybridized carbons (Fsp3) is 0.286. The van der Waals surface area contributed by atoms with E-state index in [9.17, 15) is 14.0 Å². The zero-order valence-electron chi connectivity index (χ0n) is 11.5. The van der Waals surface area contributed by atoms with E-state index in [1.165, 1.54) is 11.0 Å². The van der Waals surface area contributed by atoms with Crippen molar-refractivity contribution in [1.29, 1.82) is 0 Å². The SMILES string of the molecule is CCc1nc(CN2C(=O)C(=O)c3cc(F)cc(C)c32)no1. The summed E-state index contributed by atoms with van der Waals surface area (Å²) in [5.74, 6) is -1.20. The Morgan fingerprint density at radius 3 is 2.76 bits per heavy atom. The van der Waals surface area contributed by atoms with Gasteiger partial charge in [0, 0.05) is 6.42 Å². The van der Waals surface area contributed by atoms with Crippen LogP contribution in [0.2, 0.25) is 0 Å². The van der Waals surface area contributed by atoms with Gasteiger partial charge in [0.25, 0.3) is 11.7 Å². The number of hydrogen-bond acceptors (Lipinski definition) is 5. The molecule has 0 fully saturated rings. The lowest BCUT2D eigenvalue weighted by Gasteiger charge is -2.16. The number of carbonyl (C=O) groups excluding carboxylic acids is 2. The molecule has 1 aliphatic heterocycles. The highest BCUT2D eigenvalue weighted by molar-refractivity contribution is 6.52. The van der Waals surface area contributed by atoms with E-state index >= 15 is 0 Å². The van der Waals surface area contributed by atoms with Crippen LogP contribution in [0, 0.1) is 12.7 Å². The number of benzene rings is 1. The topological polar surface area (TPSA) is 76.3 Å². The van der Waals surface area contributed by atoms with Crippen LogP contribution in [0.25, 0.3) is 0 Å². The minimum absolute atomic E-state index is 0.0214. The summed E-state index contributed by atoms with van der Waals surface area (Å²) >= 11 is 0. The fourth-order valence-corrected chi connectivity index (χ4v) is 2.40. The maximum atomic E-state index is 13.4. The predicted octanol–water partition coefficient (Wildman–Crippen LogP) is 1.81. The van der Waals surface area contributed by atoms with Crippen LogP contribution in [-0.2, 0) is 17.8 Å². The van der Waals surface area contributed by atoms with Crippen molar-refractivity contribution in [2.75, 3.05) is 4.90 Å². The molecule has 2 heterocycles. The summed E-state index contributed by atoms with van der Waals surface area (Å²) in [5.41, 5.74) is 1.01. The first-order valence-corrected chi connectivity index (χ1v) is 6.49. The smallest absolute Gasteiger partial charge is 0.299 e. The Labute approximate surface area is 119 Å². The zero-order chi connectivity index (χ0) is 15.1. The second-order valence-electron chi connectivity index (χ2n) is 4.80. The molecule has 108 valence electrons. The lowest BCUT2D eigenvalue weighted by Crippen LogP contribution is -2.30. The van der Waals surface area contributed by atoms with Gasteiger partial charge in [-0.25, -0.2) is 4.39 Å². The number of hydrogen-bond donors (Lipinski definition) is 0. The number of rotatable bonds is 3. The van der Waals surface area contributed by atoms with Gasteiger partial charge in [0.1, 0.15) is 5.82 Å². The van der Waals surface area contributed by atoms with E-state index < -0.39 is 17.5 Å². The van der Waals surface area contributed by atoms with Crippen LogP contribution < -0.4 is 4.90 Å². The van der Waals surface area contributed by atoms with Crippen molar-refractivity contribution in [3.8, 4) is 0 Å². The van der Waals surface area contributed by atoms with Gasteiger partial charge in [0.15, 0.2) is 5.82 Å². The molecule has 0 atom stereocenters. The lowest BCUT2D eigenvalue weighted by molar-refractivity contribution is -0.114. The van der Waals surface area contributed by atoms with Crippen molar-refractivity contribution in [3.05, 3.63) is 40.8 Å². The number of aromatic nitrogens is 2. The standard InChI is InChI=1S/C14H12FN3O3/c1-3-11-16-10(17-21-11)6-18-12-7(2)4-8(15)5-9(12)13(19)14(18)20/h4-5H,3,6H2,1-2H3. The summed E-state index contributed by atoms with van der Waals surface area (Å²) in [6, 6.07) is 2.36. The largest absolute Gasteiger partial charge is 0.339 e. The molecule has 1 aromatic heterocycles. The van der Waals surface area contributed by atoms with E-state index in [1.54, 1.807) is 6.92 Å². The number of ketones is 1. The van der Waals surface area contributed by atoms with Gasteiger partial charge in [0.2, 0.25) is 5.89 Å². The summed E-state index contributed by atoms with van der Waals surface area (Å²) < 4.78 is 18.4. The third kappa shape index (κ3) is 2.10. The van der Waals surface area contributed by atoms with E-state index in [1.807, 2.05) is 6.92 Å². The molecule has 6 nitrogen and oxygen atoms in total. The molecule has 2 aromatic rings. The molecule has 3 rings (SSSR count). The van der Waals surface area contributed by atoms with Gasteiger partial charge < -0.3 is 4.52 Å². The average Bonchev–Trinajstić information content (AvgIpc) is 2.98. The van der Waals surface area contributed by atoms with E-state index in [4.69, 9.17) is 4.52 Å². The summed E-state index contributed by atoms with van der Waals surface area (Å²) in [6.07, 6.45) is 0.584. The predicted molar refractivity (Wildman–Crippen MR) is 70.3 cm³/mol. The Morgan fingerprint density at radius 1 is 1.33 bits per heavy atom. The number of anilines is 1. The molecule has 0 unspecified atom stereocenters. The highest BCUT2D eigenvalue weighted by Gasteiger charge is 2.38. The molecule has 1 amide bonds. The molecule has 0 N–H and O–H groups in total. The van der Waals surface area contributed by atoms with Crippen molar-refractivity contribution in [2.24, 2.45) is 0 Å². The molecule has 0 saturated heterocycles. The van der Waals surface area contributed by atoms with Gasteiger partial charge in [-0.15, -0.1) is 0 Å². The molecule has 0 aliphatic carbocycles. The molecule has 0 radical (unpaired) electrons. The van der Waals surface area contributed by atoms with Gasteiger partial charge in [-0.1, -0.05) is 12.1 Å².